The van der Waals surface area contributed by atoms with E-state index in [1.807, 2.05) is 29.1 Å². The highest BCUT2D eigenvalue weighted by molar-refractivity contribution is 6.33. The van der Waals surface area contributed by atoms with Crippen LogP contribution in [0.4, 0.5) is 0 Å². The van der Waals surface area contributed by atoms with Crippen molar-refractivity contribution >= 4 is 17.5 Å². The molecule has 2 heterocycles. The molecule has 0 spiro atoms. The zero-order chi connectivity index (χ0) is 19.4. The van der Waals surface area contributed by atoms with Crippen molar-refractivity contribution in [3.8, 4) is 11.4 Å². The van der Waals surface area contributed by atoms with Crippen molar-refractivity contribution in [3.63, 3.8) is 0 Å². The summed E-state index contributed by atoms with van der Waals surface area (Å²) in [6.45, 7) is 7.22. The first kappa shape index (κ1) is 19.7. The number of aromatic nitrogens is 1. The van der Waals surface area contributed by atoms with Crippen LogP contribution in [0.2, 0.25) is 5.02 Å². The van der Waals surface area contributed by atoms with Crippen LogP contribution >= 0.6 is 11.6 Å². The van der Waals surface area contributed by atoms with Crippen molar-refractivity contribution in [1.29, 1.82) is 0 Å². The van der Waals surface area contributed by atoms with Gasteiger partial charge in [-0.25, -0.2) is 0 Å². The lowest BCUT2D eigenvalue weighted by Gasteiger charge is -2.35. The third-order valence-corrected chi connectivity index (χ3v) is 4.91. The summed E-state index contributed by atoms with van der Waals surface area (Å²) in [6.07, 6.45) is 4.21. The Morgan fingerprint density at radius 3 is 2.56 bits per heavy atom. The SMILES string of the molecule is COc1cc(-n2cccc2)c(Cl)cc1C(=O)NCCN1CC(C)OC(C)C1. The Kier molecular flexibility index (Phi) is 6.42. The Balaban J connectivity index is 1.65. The van der Waals surface area contributed by atoms with Gasteiger partial charge in [-0.2, -0.15) is 0 Å². The minimum absolute atomic E-state index is 0.192. The maximum Gasteiger partial charge on any atom is 0.255 e. The van der Waals surface area contributed by atoms with E-state index in [0.29, 0.717) is 22.9 Å². The second kappa shape index (κ2) is 8.78. The minimum Gasteiger partial charge on any atom is -0.496 e. The van der Waals surface area contributed by atoms with Gasteiger partial charge in [-0.15, -0.1) is 0 Å². The van der Waals surface area contributed by atoms with Crippen molar-refractivity contribution < 1.29 is 14.3 Å². The Morgan fingerprint density at radius 2 is 1.93 bits per heavy atom. The number of carbonyl (C=O) groups excluding carboxylic acids is 1. The van der Waals surface area contributed by atoms with Crippen LogP contribution < -0.4 is 10.1 Å². The fraction of sp³-hybridized carbons (Fsp3) is 0.450. The van der Waals surface area contributed by atoms with Gasteiger partial charge in [-0.3, -0.25) is 9.69 Å². The maximum atomic E-state index is 12.6. The summed E-state index contributed by atoms with van der Waals surface area (Å²) in [5.41, 5.74) is 1.20. The topological polar surface area (TPSA) is 55.7 Å². The molecule has 1 aliphatic rings. The van der Waals surface area contributed by atoms with Gasteiger partial charge >= 0.3 is 0 Å². The first-order valence-electron chi connectivity index (χ1n) is 9.15. The summed E-state index contributed by atoms with van der Waals surface area (Å²) in [4.78, 5) is 14.9. The van der Waals surface area contributed by atoms with Crippen LogP contribution in [0.3, 0.4) is 0 Å². The van der Waals surface area contributed by atoms with Gasteiger partial charge in [0.2, 0.25) is 0 Å². The number of amides is 1. The smallest absolute Gasteiger partial charge is 0.255 e. The molecule has 1 amide bonds. The number of hydrogen-bond acceptors (Lipinski definition) is 4. The van der Waals surface area contributed by atoms with Crippen molar-refractivity contribution in [2.75, 3.05) is 33.3 Å². The minimum atomic E-state index is -0.192. The lowest BCUT2D eigenvalue weighted by molar-refractivity contribution is -0.0672. The third-order valence-electron chi connectivity index (χ3n) is 4.61. The summed E-state index contributed by atoms with van der Waals surface area (Å²) in [7, 11) is 1.55. The summed E-state index contributed by atoms with van der Waals surface area (Å²) in [5.74, 6) is 0.302. The van der Waals surface area contributed by atoms with E-state index in [0.717, 1.165) is 25.3 Å². The number of benzene rings is 1. The molecule has 1 aromatic carbocycles. The average Bonchev–Trinajstić information content (AvgIpc) is 3.15. The second-order valence-corrected chi connectivity index (χ2v) is 7.27. The molecule has 27 heavy (non-hydrogen) atoms. The Bertz CT molecular complexity index is 769. The Morgan fingerprint density at radius 1 is 1.26 bits per heavy atom. The molecule has 0 radical (unpaired) electrons. The van der Waals surface area contributed by atoms with Crippen LogP contribution in [0.5, 0.6) is 5.75 Å². The van der Waals surface area contributed by atoms with E-state index in [2.05, 4.69) is 24.1 Å². The predicted octanol–water partition coefficient (Wildman–Crippen LogP) is 2.98. The summed E-state index contributed by atoms with van der Waals surface area (Å²) < 4.78 is 13.0. The van der Waals surface area contributed by atoms with E-state index >= 15 is 0 Å². The molecule has 6 nitrogen and oxygen atoms in total. The largest absolute Gasteiger partial charge is 0.496 e. The summed E-state index contributed by atoms with van der Waals surface area (Å²) >= 11 is 6.40. The zero-order valence-corrected chi connectivity index (χ0v) is 16.7. The number of rotatable bonds is 6. The van der Waals surface area contributed by atoms with Gasteiger partial charge in [0, 0.05) is 44.6 Å². The fourth-order valence-corrected chi connectivity index (χ4v) is 3.73. The highest BCUT2D eigenvalue weighted by atomic mass is 35.5. The summed E-state index contributed by atoms with van der Waals surface area (Å²) in [6, 6.07) is 7.26. The van der Waals surface area contributed by atoms with Gasteiger partial charge in [0.25, 0.3) is 5.91 Å². The van der Waals surface area contributed by atoms with Crippen LogP contribution in [0.1, 0.15) is 24.2 Å². The van der Waals surface area contributed by atoms with Crippen LogP contribution in [-0.2, 0) is 4.74 Å². The van der Waals surface area contributed by atoms with Gasteiger partial charge in [0.05, 0.1) is 35.6 Å². The van der Waals surface area contributed by atoms with E-state index in [4.69, 9.17) is 21.1 Å². The van der Waals surface area contributed by atoms with Gasteiger partial charge in [-0.05, 0) is 32.0 Å². The van der Waals surface area contributed by atoms with E-state index in [1.165, 1.54) is 0 Å². The highest BCUT2D eigenvalue weighted by Crippen LogP contribution is 2.30. The number of nitrogens with one attached hydrogen (secondary N) is 1. The Labute approximate surface area is 165 Å². The standard InChI is InChI=1S/C20H26ClN3O3/c1-14-12-23(13-15(2)27-14)9-6-22-20(25)16-10-17(21)18(11-19(16)26-3)24-7-4-5-8-24/h4-5,7-8,10-11,14-15H,6,9,12-13H2,1-3H3,(H,22,25). The van der Waals surface area contributed by atoms with Crippen molar-refractivity contribution in [2.45, 2.75) is 26.1 Å². The number of ether oxygens (including phenoxy) is 2. The number of carbonyl (C=O) groups is 1. The lowest BCUT2D eigenvalue weighted by Crippen LogP contribution is -2.47. The molecule has 1 N–H and O–H groups in total. The van der Waals surface area contributed by atoms with Crippen LogP contribution in [-0.4, -0.2) is 60.9 Å². The third kappa shape index (κ3) is 4.83. The number of hydrogen-bond donors (Lipinski definition) is 1. The van der Waals surface area contributed by atoms with E-state index < -0.39 is 0 Å². The van der Waals surface area contributed by atoms with E-state index in [9.17, 15) is 4.79 Å². The van der Waals surface area contributed by atoms with Gasteiger partial charge in [0.1, 0.15) is 5.75 Å². The fourth-order valence-electron chi connectivity index (χ4n) is 3.47. The Hall–Kier alpha value is -2.02. The zero-order valence-electron chi connectivity index (χ0n) is 15.9. The molecule has 1 aliphatic heterocycles. The van der Waals surface area contributed by atoms with Crippen LogP contribution in [0, 0.1) is 0 Å². The van der Waals surface area contributed by atoms with Crippen molar-refractivity contribution in [2.24, 2.45) is 0 Å². The number of methoxy groups -OCH3 is 1. The lowest BCUT2D eigenvalue weighted by atomic mass is 10.1. The van der Waals surface area contributed by atoms with Crippen LogP contribution in [0.15, 0.2) is 36.7 Å². The van der Waals surface area contributed by atoms with Gasteiger partial charge in [-0.1, -0.05) is 11.6 Å². The quantitative estimate of drug-likeness (QED) is 0.822. The molecule has 0 aliphatic carbocycles. The van der Waals surface area contributed by atoms with E-state index in [-0.39, 0.29) is 18.1 Å². The monoisotopic (exact) mass is 391 g/mol. The highest BCUT2D eigenvalue weighted by Gasteiger charge is 2.22. The molecule has 2 unspecified atom stereocenters. The van der Waals surface area contributed by atoms with Crippen LogP contribution in [0.25, 0.3) is 5.69 Å². The number of halogens is 1. The second-order valence-electron chi connectivity index (χ2n) is 6.87. The van der Waals surface area contributed by atoms with E-state index in [1.54, 1.807) is 19.2 Å². The molecule has 1 aromatic heterocycles. The number of nitrogens with zero attached hydrogens (tertiary/aromatic N) is 2. The normalized spacial score (nSPS) is 20.4. The maximum absolute atomic E-state index is 12.6. The molecule has 146 valence electrons. The molecular weight excluding hydrogens is 366 g/mol. The van der Waals surface area contributed by atoms with Gasteiger partial charge < -0.3 is 19.4 Å². The van der Waals surface area contributed by atoms with Crippen molar-refractivity contribution in [1.82, 2.24) is 14.8 Å². The van der Waals surface area contributed by atoms with Crippen molar-refractivity contribution in [3.05, 3.63) is 47.2 Å². The molecule has 1 fully saturated rings. The molecule has 2 aromatic rings. The predicted molar refractivity (Wildman–Crippen MR) is 106 cm³/mol. The molecule has 2 atom stereocenters. The molecule has 0 bridgehead atoms. The summed E-state index contributed by atoms with van der Waals surface area (Å²) in [5, 5.41) is 3.46. The molecule has 0 saturated carbocycles. The molecule has 3 rings (SSSR count). The molecule has 1 saturated heterocycles. The first-order chi connectivity index (χ1) is 13.0. The van der Waals surface area contributed by atoms with Gasteiger partial charge in [0.15, 0.2) is 0 Å². The molecule has 7 heteroatoms. The first-order valence-corrected chi connectivity index (χ1v) is 9.52. The molecular formula is C20H26ClN3O3. The number of morpholine rings is 1. The average molecular weight is 392 g/mol.